The lowest BCUT2D eigenvalue weighted by Crippen LogP contribution is -2.31. The molecule has 1 aromatic carbocycles. The van der Waals surface area contributed by atoms with Crippen molar-refractivity contribution in [2.75, 3.05) is 0 Å². The van der Waals surface area contributed by atoms with Crippen LogP contribution < -0.4 is 5.32 Å². The van der Waals surface area contributed by atoms with Gasteiger partial charge in [-0.15, -0.1) is 5.10 Å². The average molecular weight is 288 g/mol. The first kappa shape index (κ1) is 13.7. The van der Waals surface area contributed by atoms with Crippen LogP contribution >= 0.6 is 0 Å². The molecule has 1 heterocycles. The summed E-state index contributed by atoms with van der Waals surface area (Å²) in [5, 5.41) is 10.9. The predicted molar refractivity (Wildman–Crippen MR) is 75.9 cm³/mol. The lowest BCUT2D eigenvalue weighted by Gasteiger charge is -2.09. The quantitative estimate of drug-likeness (QED) is 0.940. The Hall–Kier alpha value is -2.24. The molecule has 0 bridgehead atoms. The molecule has 0 saturated heterocycles. The summed E-state index contributed by atoms with van der Waals surface area (Å²) in [5.41, 5.74) is 1.71. The molecule has 0 unspecified atom stereocenters. The van der Waals surface area contributed by atoms with E-state index in [4.69, 9.17) is 0 Å². The van der Waals surface area contributed by atoms with Gasteiger partial charge in [0, 0.05) is 12.0 Å². The van der Waals surface area contributed by atoms with Crippen molar-refractivity contribution >= 4 is 5.91 Å². The molecule has 1 fully saturated rings. The molecule has 21 heavy (non-hydrogen) atoms. The third-order valence-corrected chi connectivity index (χ3v) is 3.36. The van der Waals surface area contributed by atoms with Gasteiger partial charge in [0.25, 0.3) is 5.91 Å². The van der Waals surface area contributed by atoms with Crippen LogP contribution in [0.5, 0.6) is 0 Å². The zero-order valence-electron chi connectivity index (χ0n) is 12.0. The van der Waals surface area contributed by atoms with Crippen LogP contribution in [0, 0.1) is 5.82 Å². The van der Waals surface area contributed by atoms with Crippen molar-refractivity contribution in [1.29, 1.82) is 0 Å². The maximum Gasteiger partial charge on any atom is 0.273 e. The number of nitrogens with zero attached hydrogens (tertiary/aromatic N) is 3. The molecule has 1 saturated carbocycles. The van der Waals surface area contributed by atoms with Gasteiger partial charge >= 0.3 is 0 Å². The molecule has 6 heteroatoms. The van der Waals surface area contributed by atoms with E-state index < -0.39 is 0 Å². The molecule has 2 aromatic rings. The van der Waals surface area contributed by atoms with Gasteiger partial charge in [-0.2, -0.15) is 0 Å². The van der Waals surface area contributed by atoms with Gasteiger partial charge in [-0.25, -0.2) is 9.07 Å². The normalized spacial score (nSPS) is 14.5. The summed E-state index contributed by atoms with van der Waals surface area (Å²) in [6.07, 6.45) is 2.01. The largest absolute Gasteiger partial charge is 0.348 e. The number of benzene rings is 1. The van der Waals surface area contributed by atoms with Crippen LogP contribution in [-0.2, 0) is 0 Å². The van der Waals surface area contributed by atoms with E-state index in [0.29, 0.717) is 11.4 Å². The molecule has 1 N–H and O–H groups in total. The van der Waals surface area contributed by atoms with E-state index in [0.717, 1.165) is 18.5 Å². The third-order valence-electron chi connectivity index (χ3n) is 3.36. The first-order chi connectivity index (χ1) is 10.1. The van der Waals surface area contributed by atoms with Gasteiger partial charge in [-0.1, -0.05) is 11.3 Å². The fraction of sp³-hybridized carbons (Fsp3) is 0.400. The van der Waals surface area contributed by atoms with Crippen LogP contribution in [0.15, 0.2) is 24.3 Å². The van der Waals surface area contributed by atoms with Crippen molar-refractivity contribution < 1.29 is 9.18 Å². The van der Waals surface area contributed by atoms with Crippen LogP contribution in [0.25, 0.3) is 5.69 Å². The van der Waals surface area contributed by atoms with E-state index in [1.165, 1.54) is 12.1 Å². The monoisotopic (exact) mass is 288 g/mol. The molecule has 1 aliphatic carbocycles. The van der Waals surface area contributed by atoms with Crippen LogP contribution in [0.3, 0.4) is 0 Å². The van der Waals surface area contributed by atoms with Crippen molar-refractivity contribution in [1.82, 2.24) is 20.3 Å². The number of halogens is 1. The number of aromatic nitrogens is 3. The molecular formula is C15H17FN4O. The highest BCUT2D eigenvalue weighted by atomic mass is 19.1. The maximum absolute atomic E-state index is 13.4. The Bertz CT molecular complexity index is 676. The smallest absolute Gasteiger partial charge is 0.273 e. The van der Waals surface area contributed by atoms with E-state index in [9.17, 15) is 9.18 Å². The molecule has 0 atom stereocenters. The minimum absolute atomic E-state index is 0.0314. The minimum atomic E-state index is -0.335. The standard InChI is InChI=1S/C15H17FN4O/c1-9(2)17-15(21)13-14(10-6-7-10)20(19-18-13)12-5-3-4-11(16)8-12/h3-5,8-10H,6-7H2,1-2H3,(H,17,21). The predicted octanol–water partition coefficient (Wildman–Crippen LogP) is 2.42. The Morgan fingerprint density at radius 3 is 2.81 bits per heavy atom. The molecule has 1 amide bonds. The van der Waals surface area contributed by atoms with Crippen molar-refractivity contribution in [3.05, 3.63) is 41.5 Å². The third kappa shape index (κ3) is 2.79. The lowest BCUT2D eigenvalue weighted by molar-refractivity contribution is 0.0937. The second kappa shape index (κ2) is 5.27. The Balaban J connectivity index is 2.02. The van der Waals surface area contributed by atoms with Gasteiger partial charge < -0.3 is 5.32 Å². The molecule has 0 aliphatic heterocycles. The second-order valence-electron chi connectivity index (χ2n) is 5.62. The Labute approximate surface area is 122 Å². The summed E-state index contributed by atoms with van der Waals surface area (Å²) in [6, 6.07) is 6.18. The number of rotatable bonds is 4. The van der Waals surface area contributed by atoms with Crippen molar-refractivity contribution in [2.45, 2.75) is 38.6 Å². The highest BCUT2D eigenvalue weighted by Crippen LogP contribution is 2.41. The van der Waals surface area contributed by atoms with E-state index in [1.54, 1.807) is 16.8 Å². The van der Waals surface area contributed by atoms with Gasteiger partial charge in [0.15, 0.2) is 5.69 Å². The first-order valence-corrected chi connectivity index (χ1v) is 7.08. The molecule has 1 aromatic heterocycles. The highest BCUT2D eigenvalue weighted by Gasteiger charge is 2.34. The van der Waals surface area contributed by atoms with Crippen molar-refractivity contribution in [3.63, 3.8) is 0 Å². The zero-order valence-corrected chi connectivity index (χ0v) is 12.0. The highest BCUT2D eigenvalue weighted by molar-refractivity contribution is 5.93. The minimum Gasteiger partial charge on any atom is -0.348 e. The Morgan fingerprint density at radius 1 is 1.43 bits per heavy atom. The number of amides is 1. The number of hydrogen-bond donors (Lipinski definition) is 1. The number of carbonyl (C=O) groups excluding carboxylic acids is 1. The fourth-order valence-corrected chi connectivity index (χ4v) is 2.30. The average Bonchev–Trinajstić information content (AvgIpc) is 3.16. The second-order valence-corrected chi connectivity index (χ2v) is 5.62. The summed E-state index contributed by atoms with van der Waals surface area (Å²) in [5.74, 6) is -0.288. The fourth-order valence-electron chi connectivity index (χ4n) is 2.30. The van der Waals surface area contributed by atoms with E-state index in [-0.39, 0.29) is 23.7 Å². The maximum atomic E-state index is 13.4. The molecule has 5 nitrogen and oxygen atoms in total. The van der Waals surface area contributed by atoms with E-state index in [2.05, 4.69) is 15.6 Å². The Kier molecular flexibility index (Phi) is 3.45. The molecule has 3 rings (SSSR count). The van der Waals surface area contributed by atoms with Gasteiger partial charge in [-0.3, -0.25) is 4.79 Å². The SMILES string of the molecule is CC(C)NC(=O)c1nnn(-c2cccc(F)c2)c1C1CC1. The van der Waals surface area contributed by atoms with Crippen molar-refractivity contribution in [3.8, 4) is 5.69 Å². The summed E-state index contributed by atoms with van der Waals surface area (Å²) >= 11 is 0. The van der Waals surface area contributed by atoms with Crippen LogP contribution in [0.1, 0.15) is 48.8 Å². The van der Waals surface area contributed by atoms with Crippen molar-refractivity contribution in [2.24, 2.45) is 0 Å². The summed E-state index contributed by atoms with van der Waals surface area (Å²) in [4.78, 5) is 12.2. The lowest BCUT2D eigenvalue weighted by atomic mass is 10.2. The molecule has 110 valence electrons. The number of carbonyl (C=O) groups is 1. The van der Waals surface area contributed by atoms with Gasteiger partial charge in [0.2, 0.25) is 0 Å². The molecule has 1 aliphatic rings. The van der Waals surface area contributed by atoms with Gasteiger partial charge in [0.1, 0.15) is 5.82 Å². The summed E-state index contributed by atoms with van der Waals surface area (Å²) in [7, 11) is 0. The Morgan fingerprint density at radius 2 is 2.19 bits per heavy atom. The number of nitrogens with one attached hydrogen (secondary N) is 1. The van der Waals surface area contributed by atoms with E-state index in [1.807, 2.05) is 13.8 Å². The molecule has 0 radical (unpaired) electrons. The zero-order chi connectivity index (χ0) is 15.0. The summed E-state index contributed by atoms with van der Waals surface area (Å²) in [6.45, 7) is 3.79. The molecule has 0 spiro atoms. The molecular weight excluding hydrogens is 271 g/mol. The van der Waals surface area contributed by atoms with Crippen LogP contribution in [0.4, 0.5) is 4.39 Å². The summed E-state index contributed by atoms with van der Waals surface area (Å²) < 4.78 is 15.0. The first-order valence-electron chi connectivity index (χ1n) is 7.08. The number of hydrogen-bond acceptors (Lipinski definition) is 3. The van der Waals surface area contributed by atoms with Crippen LogP contribution in [-0.4, -0.2) is 26.9 Å². The van der Waals surface area contributed by atoms with Gasteiger partial charge in [-0.05, 0) is 44.9 Å². The van der Waals surface area contributed by atoms with E-state index >= 15 is 0 Å². The van der Waals surface area contributed by atoms with Crippen LogP contribution in [0.2, 0.25) is 0 Å². The van der Waals surface area contributed by atoms with Gasteiger partial charge in [0.05, 0.1) is 11.4 Å². The topological polar surface area (TPSA) is 59.8 Å².